The van der Waals surface area contributed by atoms with Gasteiger partial charge in [-0.2, -0.15) is 0 Å². The fraction of sp³-hybridized carbons (Fsp3) is 0.304. The molecule has 0 bridgehead atoms. The van der Waals surface area contributed by atoms with Crippen LogP contribution in [0.3, 0.4) is 0 Å². The van der Waals surface area contributed by atoms with Crippen LogP contribution in [0.1, 0.15) is 47.2 Å². The normalized spacial score (nSPS) is 10.6. The lowest BCUT2D eigenvalue weighted by Gasteiger charge is -2.16. The van der Waals surface area contributed by atoms with Crippen LogP contribution in [0.15, 0.2) is 30.5 Å². The third kappa shape index (κ3) is 4.72. The molecule has 0 unspecified atom stereocenters. The van der Waals surface area contributed by atoms with Crippen molar-refractivity contribution in [3.8, 4) is 11.5 Å². The minimum atomic E-state index is -0.658. The number of aromatic hydroxyl groups is 1. The van der Waals surface area contributed by atoms with E-state index in [0.29, 0.717) is 40.5 Å². The van der Waals surface area contributed by atoms with Crippen molar-refractivity contribution >= 4 is 34.3 Å². The van der Waals surface area contributed by atoms with Gasteiger partial charge in [-0.05, 0) is 52.0 Å². The highest BCUT2D eigenvalue weighted by molar-refractivity contribution is 6.06. The first kappa shape index (κ1) is 22.8. The number of aryl methyl sites for hydroxylation is 1. The second-order valence-corrected chi connectivity index (χ2v) is 6.72. The number of benzene rings is 1. The molecule has 0 amide bonds. The van der Waals surface area contributed by atoms with Crippen LogP contribution >= 0.6 is 0 Å². The van der Waals surface area contributed by atoms with Gasteiger partial charge in [0.1, 0.15) is 22.6 Å². The molecule has 9 heteroatoms. The molecule has 0 aliphatic heterocycles. The van der Waals surface area contributed by atoms with Crippen molar-refractivity contribution in [3.05, 3.63) is 47.3 Å². The van der Waals surface area contributed by atoms with Gasteiger partial charge in [0.2, 0.25) is 0 Å². The summed E-state index contributed by atoms with van der Waals surface area (Å²) in [5.74, 6) is -0.874. The van der Waals surface area contributed by atoms with Crippen LogP contribution in [0.4, 0.5) is 11.4 Å². The van der Waals surface area contributed by atoms with Gasteiger partial charge in [-0.25, -0.2) is 19.6 Å². The van der Waals surface area contributed by atoms with Crippen LogP contribution in [0.25, 0.3) is 11.0 Å². The molecular formula is C23H25N3O6. The molecule has 2 N–H and O–H groups in total. The zero-order chi connectivity index (χ0) is 23.3. The quantitative estimate of drug-likeness (QED) is 0.394. The summed E-state index contributed by atoms with van der Waals surface area (Å²) < 4.78 is 15.8. The molecule has 0 aliphatic rings. The number of pyridine rings is 2. The van der Waals surface area contributed by atoms with Gasteiger partial charge in [-0.1, -0.05) is 0 Å². The van der Waals surface area contributed by atoms with Gasteiger partial charge in [-0.3, -0.25) is 0 Å². The molecule has 3 rings (SSSR count). The predicted octanol–water partition coefficient (Wildman–Crippen LogP) is 4.14. The van der Waals surface area contributed by atoms with Gasteiger partial charge in [0.15, 0.2) is 5.65 Å². The number of rotatable bonds is 8. The molecule has 0 saturated carbocycles. The highest BCUT2D eigenvalue weighted by atomic mass is 16.5. The third-order valence-electron chi connectivity index (χ3n) is 4.56. The number of nitrogens with zero attached hydrogens (tertiary/aromatic N) is 2. The Labute approximate surface area is 185 Å². The number of phenols is 1. The number of ether oxygens (including phenoxy) is 3. The highest BCUT2D eigenvalue weighted by Gasteiger charge is 2.20. The van der Waals surface area contributed by atoms with Crippen LogP contribution in [0, 0.1) is 6.92 Å². The van der Waals surface area contributed by atoms with Crippen LogP contribution in [-0.4, -0.2) is 46.8 Å². The van der Waals surface area contributed by atoms with E-state index < -0.39 is 11.9 Å². The zero-order valence-electron chi connectivity index (χ0n) is 18.4. The van der Waals surface area contributed by atoms with Crippen molar-refractivity contribution in [2.45, 2.75) is 27.7 Å². The molecule has 0 atom stereocenters. The lowest BCUT2D eigenvalue weighted by Crippen LogP contribution is -2.10. The number of fused-ring (bicyclic) bond motifs is 1. The number of carbonyl (C=O) groups excluding carboxylic acids is 2. The minimum Gasteiger partial charge on any atom is -0.507 e. The summed E-state index contributed by atoms with van der Waals surface area (Å²) in [7, 11) is 0. The molecule has 0 saturated heterocycles. The van der Waals surface area contributed by atoms with Gasteiger partial charge in [-0.15, -0.1) is 0 Å². The molecule has 1 aromatic carbocycles. The second-order valence-electron chi connectivity index (χ2n) is 6.72. The van der Waals surface area contributed by atoms with Gasteiger partial charge >= 0.3 is 11.9 Å². The molecule has 2 heterocycles. The second kappa shape index (κ2) is 9.95. The van der Waals surface area contributed by atoms with Gasteiger partial charge in [0.05, 0.1) is 31.2 Å². The summed E-state index contributed by atoms with van der Waals surface area (Å²) >= 11 is 0. The standard InChI is InChI=1S/C23H25N3O6/c1-5-30-19-11-16-20(17(23(29)32-7-3)12-24-21(16)25-13(19)4)26-14-8-9-18(27)15(10-14)22(28)31-6-2/h8-12,27H,5-7H2,1-4H3,(H,24,25,26). The van der Waals surface area contributed by atoms with Crippen molar-refractivity contribution in [2.24, 2.45) is 0 Å². The average molecular weight is 439 g/mol. The van der Waals surface area contributed by atoms with Crippen molar-refractivity contribution in [1.29, 1.82) is 0 Å². The highest BCUT2D eigenvalue weighted by Crippen LogP contribution is 2.33. The lowest BCUT2D eigenvalue weighted by atomic mass is 10.1. The Balaban J connectivity index is 2.17. The third-order valence-corrected chi connectivity index (χ3v) is 4.56. The monoisotopic (exact) mass is 439 g/mol. The van der Waals surface area contributed by atoms with Gasteiger partial charge in [0.25, 0.3) is 0 Å². The molecule has 9 nitrogen and oxygen atoms in total. The Morgan fingerprint density at radius 2 is 1.69 bits per heavy atom. The molecule has 0 aliphatic carbocycles. The van der Waals surface area contributed by atoms with Crippen LogP contribution in [0.5, 0.6) is 11.5 Å². The maximum Gasteiger partial charge on any atom is 0.341 e. The van der Waals surface area contributed by atoms with E-state index in [1.165, 1.54) is 18.3 Å². The van der Waals surface area contributed by atoms with Gasteiger partial charge in [0, 0.05) is 17.3 Å². The molecular weight excluding hydrogens is 414 g/mol. The summed E-state index contributed by atoms with van der Waals surface area (Å²) in [5.41, 5.74) is 2.10. The van der Waals surface area contributed by atoms with Crippen LogP contribution in [0.2, 0.25) is 0 Å². The Morgan fingerprint density at radius 3 is 2.34 bits per heavy atom. The van der Waals surface area contributed by atoms with E-state index in [1.54, 1.807) is 26.0 Å². The number of carbonyl (C=O) groups is 2. The van der Waals surface area contributed by atoms with E-state index in [-0.39, 0.29) is 30.1 Å². The van der Waals surface area contributed by atoms with Gasteiger partial charge < -0.3 is 24.6 Å². The lowest BCUT2D eigenvalue weighted by molar-refractivity contribution is 0.0515. The summed E-state index contributed by atoms with van der Waals surface area (Å²) in [6, 6.07) is 6.14. The first-order valence-corrected chi connectivity index (χ1v) is 10.3. The minimum absolute atomic E-state index is 0.00290. The number of nitrogens with one attached hydrogen (secondary N) is 1. The van der Waals surface area contributed by atoms with E-state index in [1.807, 2.05) is 13.8 Å². The van der Waals surface area contributed by atoms with Crippen molar-refractivity contribution in [1.82, 2.24) is 9.97 Å². The summed E-state index contributed by atoms with van der Waals surface area (Å²) in [6.45, 7) is 7.87. The fourth-order valence-corrected chi connectivity index (χ4v) is 3.12. The van der Waals surface area contributed by atoms with E-state index in [9.17, 15) is 14.7 Å². The maximum absolute atomic E-state index is 12.6. The SMILES string of the molecule is CCOC(=O)c1cc(Nc2c(C(=O)OCC)cnc3nc(C)c(OCC)cc23)ccc1O. The molecule has 32 heavy (non-hydrogen) atoms. The molecule has 168 valence electrons. The Morgan fingerprint density at radius 1 is 1.00 bits per heavy atom. The Hall–Kier alpha value is -3.88. The van der Waals surface area contributed by atoms with Crippen molar-refractivity contribution in [3.63, 3.8) is 0 Å². The van der Waals surface area contributed by atoms with E-state index >= 15 is 0 Å². The fourth-order valence-electron chi connectivity index (χ4n) is 3.12. The smallest absolute Gasteiger partial charge is 0.341 e. The molecule has 0 spiro atoms. The Bertz CT molecular complexity index is 1160. The molecule has 0 fully saturated rings. The van der Waals surface area contributed by atoms with Crippen LogP contribution < -0.4 is 10.1 Å². The predicted molar refractivity (Wildman–Crippen MR) is 119 cm³/mol. The molecule has 2 aromatic heterocycles. The average Bonchev–Trinajstić information content (AvgIpc) is 2.76. The molecule has 3 aromatic rings. The van der Waals surface area contributed by atoms with Crippen LogP contribution in [-0.2, 0) is 9.47 Å². The summed E-state index contributed by atoms with van der Waals surface area (Å²) in [6.07, 6.45) is 1.39. The Kier molecular flexibility index (Phi) is 7.09. The largest absolute Gasteiger partial charge is 0.507 e. The number of anilines is 2. The zero-order valence-corrected chi connectivity index (χ0v) is 18.4. The topological polar surface area (TPSA) is 120 Å². The number of hydrogen-bond donors (Lipinski definition) is 2. The summed E-state index contributed by atoms with van der Waals surface area (Å²) in [4.78, 5) is 33.6. The number of esters is 2. The summed E-state index contributed by atoms with van der Waals surface area (Å²) in [5, 5.41) is 13.8. The number of hydrogen-bond acceptors (Lipinski definition) is 9. The first-order chi connectivity index (χ1) is 15.4. The van der Waals surface area contributed by atoms with E-state index in [0.717, 1.165) is 0 Å². The van der Waals surface area contributed by atoms with Crippen molar-refractivity contribution in [2.75, 3.05) is 25.1 Å². The maximum atomic E-state index is 12.6. The molecule has 0 radical (unpaired) electrons. The number of phenolic OH excluding ortho intramolecular Hbond substituents is 1. The van der Waals surface area contributed by atoms with E-state index in [2.05, 4.69) is 15.3 Å². The van der Waals surface area contributed by atoms with E-state index in [4.69, 9.17) is 14.2 Å². The van der Waals surface area contributed by atoms with Crippen molar-refractivity contribution < 1.29 is 28.9 Å². The number of aromatic nitrogens is 2. The first-order valence-electron chi connectivity index (χ1n) is 10.3.